The van der Waals surface area contributed by atoms with Crippen molar-refractivity contribution in [3.8, 4) is 0 Å². The van der Waals surface area contributed by atoms with Crippen LogP contribution in [0.3, 0.4) is 0 Å². The van der Waals surface area contributed by atoms with Gasteiger partial charge in [-0.15, -0.1) is 0 Å². The molecule has 0 bridgehead atoms. The molecule has 2 rings (SSSR count). The second-order valence-corrected chi connectivity index (χ2v) is 6.14. The highest BCUT2D eigenvalue weighted by atomic mass is 79.9. The van der Waals surface area contributed by atoms with Crippen LogP contribution in [0.2, 0.25) is 0 Å². The molecule has 2 aromatic rings. The van der Waals surface area contributed by atoms with Gasteiger partial charge in [0, 0.05) is 35.0 Å². The highest BCUT2D eigenvalue weighted by Crippen LogP contribution is 2.28. The fraction of sp³-hybridized carbons (Fsp3) is 0.429. The maximum atomic E-state index is 13.7. The number of fused-ring (bicyclic) bond motifs is 1. The van der Waals surface area contributed by atoms with Gasteiger partial charge in [0.2, 0.25) is 6.54 Å². The summed E-state index contributed by atoms with van der Waals surface area (Å²) in [5.74, 6) is 0.0972. The fourth-order valence-electron chi connectivity index (χ4n) is 2.31. The molecule has 108 valence electrons. The third kappa shape index (κ3) is 3.17. The summed E-state index contributed by atoms with van der Waals surface area (Å²) in [6.45, 7) is 4.85. The number of benzene rings is 1. The quantitative estimate of drug-likeness (QED) is 0.608. The summed E-state index contributed by atoms with van der Waals surface area (Å²) in [7, 11) is 0. The Morgan fingerprint density at radius 3 is 2.75 bits per heavy atom. The van der Waals surface area contributed by atoms with Crippen LogP contribution in [-0.4, -0.2) is 16.0 Å². The van der Waals surface area contributed by atoms with E-state index in [-0.39, 0.29) is 17.3 Å². The van der Waals surface area contributed by atoms with Crippen LogP contribution < -0.4 is 0 Å². The SMILES string of the molecule is CC(C)Cn1cc(CC[N+](=O)[O-])c2cc(F)c(Br)cc21. The first-order valence-electron chi connectivity index (χ1n) is 6.47. The third-order valence-electron chi connectivity index (χ3n) is 3.13. The first kappa shape index (κ1) is 15.0. The van der Waals surface area contributed by atoms with Gasteiger partial charge in [-0.1, -0.05) is 13.8 Å². The van der Waals surface area contributed by atoms with Crippen molar-refractivity contribution in [2.75, 3.05) is 6.54 Å². The van der Waals surface area contributed by atoms with Crippen molar-refractivity contribution >= 4 is 26.8 Å². The largest absolute Gasteiger partial charge is 0.347 e. The Kier molecular flexibility index (Phi) is 4.42. The molecule has 0 saturated heterocycles. The number of halogens is 2. The summed E-state index contributed by atoms with van der Waals surface area (Å²) in [6.07, 6.45) is 2.22. The summed E-state index contributed by atoms with van der Waals surface area (Å²) in [5, 5.41) is 11.3. The lowest BCUT2D eigenvalue weighted by Crippen LogP contribution is -2.04. The highest BCUT2D eigenvalue weighted by Gasteiger charge is 2.14. The number of aromatic nitrogens is 1. The van der Waals surface area contributed by atoms with E-state index >= 15 is 0 Å². The molecule has 1 heterocycles. The van der Waals surface area contributed by atoms with Crippen LogP contribution in [0.5, 0.6) is 0 Å². The zero-order valence-corrected chi connectivity index (χ0v) is 13.0. The molecule has 0 aliphatic heterocycles. The van der Waals surface area contributed by atoms with Gasteiger partial charge in [0.05, 0.1) is 4.47 Å². The second kappa shape index (κ2) is 5.91. The van der Waals surface area contributed by atoms with Gasteiger partial charge in [-0.3, -0.25) is 10.1 Å². The smallest absolute Gasteiger partial charge is 0.207 e. The molecule has 0 atom stereocenters. The van der Waals surface area contributed by atoms with E-state index in [4.69, 9.17) is 0 Å². The van der Waals surface area contributed by atoms with Gasteiger partial charge in [0.1, 0.15) is 5.82 Å². The Bertz CT molecular complexity index is 652. The normalized spacial score (nSPS) is 11.4. The summed E-state index contributed by atoms with van der Waals surface area (Å²) < 4.78 is 16.2. The maximum Gasteiger partial charge on any atom is 0.207 e. The molecule has 0 radical (unpaired) electrons. The van der Waals surface area contributed by atoms with Crippen molar-refractivity contribution in [3.05, 3.63) is 44.3 Å². The van der Waals surface area contributed by atoms with Crippen LogP contribution in [-0.2, 0) is 13.0 Å². The molecule has 20 heavy (non-hydrogen) atoms. The number of rotatable bonds is 5. The lowest BCUT2D eigenvalue weighted by atomic mass is 10.1. The van der Waals surface area contributed by atoms with Gasteiger partial charge in [-0.05, 0) is 39.5 Å². The zero-order chi connectivity index (χ0) is 14.9. The molecule has 0 N–H and O–H groups in total. The molecule has 0 saturated carbocycles. The monoisotopic (exact) mass is 342 g/mol. The van der Waals surface area contributed by atoms with Crippen LogP contribution in [0, 0.1) is 21.8 Å². The van der Waals surface area contributed by atoms with E-state index in [2.05, 4.69) is 29.8 Å². The van der Waals surface area contributed by atoms with Crippen LogP contribution in [0.15, 0.2) is 22.8 Å². The molecule has 0 aliphatic rings. The number of nitrogens with zero attached hydrogens (tertiary/aromatic N) is 2. The van der Waals surface area contributed by atoms with Crippen LogP contribution in [0.4, 0.5) is 4.39 Å². The van der Waals surface area contributed by atoms with E-state index in [0.29, 0.717) is 16.8 Å². The van der Waals surface area contributed by atoms with Crippen molar-refractivity contribution in [1.29, 1.82) is 0 Å². The van der Waals surface area contributed by atoms with Gasteiger partial charge < -0.3 is 4.57 Å². The van der Waals surface area contributed by atoms with Crippen molar-refractivity contribution in [1.82, 2.24) is 4.57 Å². The van der Waals surface area contributed by atoms with Gasteiger partial charge in [0.15, 0.2) is 0 Å². The van der Waals surface area contributed by atoms with E-state index in [0.717, 1.165) is 23.0 Å². The van der Waals surface area contributed by atoms with E-state index < -0.39 is 0 Å². The summed E-state index contributed by atoms with van der Waals surface area (Å²) in [5.41, 5.74) is 1.73. The number of nitro groups is 1. The second-order valence-electron chi connectivity index (χ2n) is 5.29. The van der Waals surface area contributed by atoms with Crippen molar-refractivity contribution < 1.29 is 9.31 Å². The Labute approximate surface area is 124 Å². The average molecular weight is 343 g/mol. The number of hydrogen-bond acceptors (Lipinski definition) is 2. The highest BCUT2D eigenvalue weighted by molar-refractivity contribution is 9.10. The molecule has 0 fully saturated rings. The van der Waals surface area contributed by atoms with E-state index in [9.17, 15) is 14.5 Å². The molecule has 0 spiro atoms. The Balaban J connectivity index is 2.51. The third-order valence-corrected chi connectivity index (χ3v) is 3.74. The topological polar surface area (TPSA) is 48.1 Å². The van der Waals surface area contributed by atoms with Gasteiger partial charge in [0.25, 0.3) is 0 Å². The van der Waals surface area contributed by atoms with Crippen LogP contribution >= 0.6 is 15.9 Å². The van der Waals surface area contributed by atoms with Crippen LogP contribution in [0.1, 0.15) is 19.4 Å². The minimum atomic E-state index is -0.346. The van der Waals surface area contributed by atoms with E-state index in [1.807, 2.05) is 10.8 Å². The van der Waals surface area contributed by atoms with Gasteiger partial charge in [-0.2, -0.15) is 0 Å². The van der Waals surface area contributed by atoms with Crippen molar-refractivity contribution in [2.45, 2.75) is 26.8 Å². The molecule has 1 aromatic heterocycles. The molecule has 0 aliphatic carbocycles. The molecule has 0 amide bonds. The zero-order valence-electron chi connectivity index (χ0n) is 11.4. The Morgan fingerprint density at radius 1 is 1.45 bits per heavy atom. The minimum Gasteiger partial charge on any atom is -0.347 e. The number of hydrogen-bond donors (Lipinski definition) is 0. The van der Waals surface area contributed by atoms with Crippen molar-refractivity contribution in [3.63, 3.8) is 0 Å². The predicted molar refractivity (Wildman–Crippen MR) is 80.0 cm³/mol. The molecule has 4 nitrogen and oxygen atoms in total. The molecule has 0 unspecified atom stereocenters. The minimum absolute atomic E-state index is 0.140. The maximum absolute atomic E-state index is 13.7. The van der Waals surface area contributed by atoms with Gasteiger partial charge in [-0.25, -0.2) is 4.39 Å². The first-order valence-corrected chi connectivity index (χ1v) is 7.26. The standard InChI is InChI=1S/C14H16BrFN2O2/c1-9(2)7-17-8-10(3-4-18(19)20)11-5-13(16)12(15)6-14(11)17/h5-6,8-9H,3-4,7H2,1-2H3. The average Bonchev–Trinajstić information content (AvgIpc) is 2.65. The molecular formula is C14H16BrFN2O2. The van der Waals surface area contributed by atoms with E-state index in [1.165, 1.54) is 6.07 Å². The van der Waals surface area contributed by atoms with Crippen molar-refractivity contribution in [2.24, 2.45) is 5.92 Å². The molecular weight excluding hydrogens is 327 g/mol. The predicted octanol–water partition coefficient (Wildman–Crippen LogP) is 4.02. The molecule has 1 aromatic carbocycles. The Morgan fingerprint density at radius 2 is 2.15 bits per heavy atom. The van der Waals surface area contributed by atoms with E-state index in [1.54, 1.807) is 6.07 Å². The first-order chi connectivity index (χ1) is 9.38. The summed E-state index contributed by atoms with van der Waals surface area (Å²) in [4.78, 5) is 10.2. The fourth-order valence-corrected chi connectivity index (χ4v) is 2.65. The van der Waals surface area contributed by atoms with Gasteiger partial charge >= 0.3 is 0 Å². The summed E-state index contributed by atoms with van der Waals surface area (Å²) in [6, 6.07) is 3.19. The van der Waals surface area contributed by atoms with Crippen LogP contribution in [0.25, 0.3) is 10.9 Å². The summed E-state index contributed by atoms with van der Waals surface area (Å²) >= 11 is 3.19. The lowest BCUT2D eigenvalue weighted by Gasteiger charge is -2.08. The lowest BCUT2D eigenvalue weighted by molar-refractivity contribution is -0.479. The Hall–Kier alpha value is -1.43. The molecule has 6 heteroatoms.